The molecule has 0 aromatic carbocycles. The Balaban J connectivity index is 1.51. The number of hydrogen-bond acceptors (Lipinski definition) is 3. The maximum absolute atomic E-state index is 3.78. The minimum atomic E-state index is 0.714. The Bertz CT molecular complexity index is 628. The van der Waals surface area contributed by atoms with E-state index in [-0.39, 0.29) is 0 Å². The first-order valence-electron chi connectivity index (χ1n) is 10.6. The fraction of sp³-hybridized carbons (Fsp3) is 0.727. The molecule has 3 heteroatoms. The van der Waals surface area contributed by atoms with Crippen LogP contribution in [0.5, 0.6) is 0 Å². The van der Waals surface area contributed by atoms with Crippen molar-refractivity contribution in [1.29, 1.82) is 0 Å². The van der Waals surface area contributed by atoms with E-state index in [1.54, 1.807) is 21.7 Å². The van der Waals surface area contributed by atoms with E-state index in [0.29, 0.717) is 6.04 Å². The number of nitrogens with one attached hydrogen (secondary N) is 1. The molecule has 1 saturated heterocycles. The molecule has 1 saturated carbocycles. The SMILES string of the molecule is CCCCCC1CCC2=C3CNCC(C4CC4)C3N3CC=CSC1=C23. The fourth-order valence-electron chi connectivity index (χ4n) is 5.73. The van der Waals surface area contributed by atoms with Gasteiger partial charge in [0.1, 0.15) is 0 Å². The van der Waals surface area contributed by atoms with Gasteiger partial charge in [-0.15, -0.1) is 11.8 Å². The summed E-state index contributed by atoms with van der Waals surface area (Å²) in [5, 5.41) is 6.17. The highest BCUT2D eigenvalue weighted by Crippen LogP contribution is 2.54. The molecule has 2 aliphatic carbocycles. The molecule has 3 unspecified atom stereocenters. The van der Waals surface area contributed by atoms with Gasteiger partial charge in [0.2, 0.25) is 0 Å². The Labute approximate surface area is 157 Å². The zero-order valence-electron chi connectivity index (χ0n) is 15.6. The van der Waals surface area contributed by atoms with Gasteiger partial charge in [0.05, 0.1) is 11.7 Å². The normalized spacial score (nSPS) is 34.3. The quantitative estimate of drug-likeness (QED) is 0.693. The van der Waals surface area contributed by atoms with Crippen molar-refractivity contribution < 1.29 is 0 Å². The van der Waals surface area contributed by atoms with Crippen molar-refractivity contribution in [2.24, 2.45) is 17.8 Å². The van der Waals surface area contributed by atoms with Gasteiger partial charge in [-0.1, -0.05) is 32.3 Å². The van der Waals surface area contributed by atoms with Crippen LogP contribution in [0.2, 0.25) is 0 Å². The maximum atomic E-state index is 3.78. The number of thioether (sulfide) groups is 1. The number of fused-ring (bicyclic) bond motifs is 2. The molecular formula is C22H32N2S. The second-order valence-corrected chi connectivity index (χ2v) is 9.61. The maximum Gasteiger partial charge on any atom is 0.0568 e. The van der Waals surface area contributed by atoms with Crippen LogP contribution in [0.4, 0.5) is 0 Å². The summed E-state index contributed by atoms with van der Waals surface area (Å²) >= 11 is 2.06. The monoisotopic (exact) mass is 356 g/mol. The Morgan fingerprint density at radius 2 is 2.16 bits per heavy atom. The van der Waals surface area contributed by atoms with E-state index in [1.165, 1.54) is 57.9 Å². The van der Waals surface area contributed by atoms with Crippen molar-refractivity contribution >= 4 is 11.8 Å². The van der Waals surface area contributed by atoms with Crippen LogP contribution >= 0.6 is 11.8 Å². The van der Waals surface area contributed by atoms with Crippen molar-refractivity contribution in [1.82, 2.24) is 10.2 Å². The molecule has 3 aliphatic heterocycles. The van der Waals surface area contributed by atoms with Crippen molar-refractivity contribution in [3.63, 3.8) is 0 Å². The second kappa shape index (κ2) is 6.81. The van der Waals surface area contributed by atoms with Gasteiger partial charge in [0.15, 0.2) is 0 Å². The standard InChI is InChI=1S/C22H32N2S/c1-2-3-4-6-16-9-10-17-19-14-23-13-18(15-7-8-15)20(19)24-11-5-12-25-22(16)21(17)24/h5,12,15-16,18,20,23H,2-4,6-11,13-14H2,1H3. The number of piperidine rings is 1. The van der Waals surface area contributed by atoms with Gasteiger partial charge in [-0.3, -0.25) is 0 Å². The number of unbranched alkanes of at least 4 members (excludes halogenated alkanes) is 2. The average molecular weight is 357 g/mol. The lowest BCUT2D eigenvalue weighted by atomic mass is 9.82. The van der Waals surface area contributed by atoms with Crippen LogP contribution in [0.1, 0.15) is 58.3 Å². The molecular weight excluding hydrogens is 324 g/mol. The number of hydrogen-bond donors (Lipinski definition) is 1. The summed E-state index contributed by atoms with van der Waals surface area (Å²) < 4.78 is 0. The Morgan fingerprint density at radius 3 is 3.00 bits per heavy atom. The molecule has 3 heterocycles. The topological polar surface area (TPSA) is 15.3 Å². The predicted molar refractivity (Wildman–Crippen MR) is 107 cm³/mol. The Hall–Kier alpha value is -0.670. The van der Waals surface area contributed by atoms with Crippen LogP contribution < -0.4 is 5.32 Å². The highest BCUT2D eigenvalue weighted by atomic mass is 32.2. The third-order valence-electron chi connectivity index (χ3n) is 7.08. The van der Waals surface area contributed by atoms with Crippen molar-refractivity contribution in [2.45, 2.75) is 64.3 Å². The van der Waals surface area contributed by atoms with Gasteiger partial charge in [-0.2, -0.15) is 0 Å². The fourth-order valence-corrected chi connectivity index (χ4v) is 6.84. The first-order valence-corrected chi connectivity index (χ1v) is 11.5. The molecule has 0 bridgehead atoms. The molecule has 2 nitrogen and oxygen atoms in total. The van der Waals surface area contributed by atoms with E-state index in [0.717, 1.165) is 30.8 Å². The summed E-state index contributed by atoms with van der Waals surface area (Å²) in [6, 6.07) is 0.714. The van der Waals surface area contributed by atoms with Gasteiger partial charge in [0.25, 0.3) is 0 Å². The van der Waals surface area contributed by atoms with E-state index in [4.69, 9.17) is 0 Å². The molecule has 136 valence electrons. The molecule has 1 N–H and O–H groups in total. The van der Waals surface area contributed by atoms with Gasteiger partial charge in [-0.25, -0.2) is 0 Å². The summed E-state index contributed by atoms with van der Waals surface area (Å²) in [6.45, 7) is 5.84. The molecule has 3 atom stereocenters. The van der Waals surface area contributed by atoms with Gasteiger partial charge >= 0.3 is 0 Å². The van der Waals surface area contributed by atoms with E-state index >= 15 is 0 Å². The molecule has 0 radical (unpaired) electrons. The molecule has 5 aliphatic rings. The van der Waals surface area contributed by atoms with E-state index in [1.807, 2.05) is 0 Å². The predicted octanol–water partition coefficient (Wildman–Crippen LogP) is 5.06. The minimum absolute atomic E-state index is 0.714. The summed E-state index contributed by atoms with van der Waals surface area (Å²) in [4.78, 5) is 4.56. The Morgan fingerprint density at radius 1 is 1.24 bits per heavy atom. The lowest BCUT2D eigenvalue weighted by Crippen LogP contribution is -2.48. The number of nitrogens with zero attached hydrogens (tertiary/aromatic N) is 1. The third kappa shape index (κ3) is 2.82. The summed E-state index contributed by atoms with van der Waals surface area (Å²) in [5.41, 5.74) is 5.22. The molecule has 0 aromatic heterocycles. The first-order chi connectivity index (χ1) is 12.4. The highest BCUT2D eigenvalue weighted by molar-refractivity contribution is 8.05. The number of allylic oxidation sites excluding steroid dienone is 2. The van der Waals surface area contributed by atoms with Crippen LogP contribution in [0, 0.1) is 17.8 Å². The van der Waals surface area contributed by atoms with Crippen LogP contribution in [-0.4, -0.2) is 30.6 Å². The number of rotatable bonds is 5. The highest BCUT2D eigenvalue weighted by Gasteiger charge is 2.49. The lowest BCUT2D eigenvalue weighted by molar-refractivity contribution is 0.204. The largest absolute Gasteiger partial charge is 0.360 e. The summed E-state index contributed by atoms with van der Waals surface area (Å²) in [7, 11) is 0. The molecule has 0 aromatic rings. The smallest absolute Gasteiger partial charge is 0.0568 e. The van der Waals surface area contributed by atoms with Crippen LogP contribution in [0.15, 0.2) is 33.2 Å². The van der Waals surface area contributed by atoms with Gasteiger partial charge in [-0.05, 0) is 66.4 Å². The van der Waals surface area contributed by atoms with Gasteiger partial charge < -0.3 is 10.2 Å². The second-order valence-electron chi connectivity index (χ2n) is 8.67. The molecule has 0 amide bonds. The average Bonchev–Trinajstić information content (AvgIpc) is 3.44. The van der Waals surface area contributed by atoms with Crippen molar-refractivity contribution in [3.8, 4) is 0 Å². The zero-order valence-corrected chi connectivity index (χ0v) is 16.4. The van der Waals surface area contributed by atoms with E-state index in [2.05, 4.69) is 40.4 Å². The molecule has 25 heavy (non-hydrogen) atoms. The molecule has 5 rings (SSSR count). The van der Waals surface area contributed by atoms with Crippen LogP contribution in [0.3, 0.4) is 0 Å². The van der Waals surface area contributed by atoms with Gasteiger partial charge in [0, 0.05) is 24.5 Å². The van der Waals surface area contributed by atoms with Crippen molar-refractivity contribution in [2.75, 3.05) is 19.6 Å². The van der Waals surface area contributed by atoms with E-state index < -0.39 is 0 Å². The summed E-state index contributed by atoms with van der Waals surface area (Å²) in [6.07, 6.45) is 13.6. The third-order valence-corrected chi connectivity index (χ3v) is 8.19. The Kier molecular flexibility index (Phi) is 4.49. The lowest BCUT2D eigenvalue weighted by Gasteiger charge is -2.39. The van der Waals surface area contributed by atoms with Crippen LogP contribution in [-0.2, 0) is 0 Å². The van der Waals surface area contributed by atoms with E-state index in [9.17, 15) is 0 Å². The zero-order chi connectivity index (χ0) is 16.8. The summed E-state index contributed by atoms with van der Waals surface area (Å²) in [5.74, 6) is 2.65. The molecule has 0 spiro atoms. The van der Waals surface area contributed by atoms with Crippen LogP contribution in [0.25, 0.3) is 0 Å². The van der Waals surface area contributed by atoms with Crippen molar-refractivity contribution in [3.05, 3.63) is 33.2 Å². The first kappa shape index (κ1) is 16.5. The molecule has 2 fully saturated rings. The minimum Gasteiger partial charge on any atom is -0.360 e.